The summed E-state index contributed by atoms with van der Waals surface area (Å²) in [5.74, 6) is -9.08. The van der Waals surface area contributed by atoms with Crippen LogP contribution in [0.5, 0.6) is 5.75 Å². The molecule has 0 bridgehead atoms. The van der Waals surface area contributed by atoms with Crippen LogP contribution in [0.1, 0.15) is 16.7 Å². The molecule has 0 amide bonds. The summed E-state index contributed by atoms with van der Waals surface area (Å²) in [6, 6.07) is 12.8. The third-order valence-corrected chi connectivity index (χ3v) is 5.63. The van der Waals surface area contributed by atoms with Gasteiger partial charge in [-0.25, -0.2) is 22.0 Å². The molecule has 5 rings (SSSR count). The summed E-state index contributed by atoms with van der Waals surface area (Å²) in [5, 5.41) is 0.810. The highest BCUT2D eigenvalue weighted by atomic mass is 19.2. The van der Waals surface area contributed by atoms with Gasteiger partial charge in [0.25, 0.3) is 0 Å². The maximum Gasteiger partial charge on any atom is 0.200 e. The summed E-state index contributed by atoms with van der Waals surface area (Å²) < 4.78 is 76.7. The van der Waals surface area contributed by atoms with Crippen LogP contribution in [-0.2, 0) is 13.0 Å². The first-order chi connectivity index (χ1) is 14.4. The lowest BCUT2D eigenvalue weighted by atomic mass is 10.1. The normalized spacial score (nSPS) is 12.3. The van der Waals surface area contributed by atoms with Crippen LogP contribution in [0.2, 0.25) is 0 Å². The van der Waals surface area contributed by atoms with Gasteiger partial charge in [0.1, 0.15) is 5.75 Å². The van der Waals surface area contributed by atoms with E-state index in [0.717, 1.165) is 22.1 Å². The summed E-state index contributed by atoms with van der Waals surface area (Å²) >= 11 is 0. The Morgan fingerprint density at radius 3 is 2.23 bits per heavy atom. The predicted molar refractivity (Wildman–Crippen MR) is 102 cm³/mol. The first-order valence-electron chi connectivity index (χ1n) is 9.20. The summed E-state index contributed by atoms with van der Waals surface area (Å²) in [7, 11) is 1.53. The molecule has 0 atom stereocenters. The molecule has 1 aromatic heterocycles. The minimum absolute atomic E-state index is 0.502. The van der Waals surface area contributed by atoms with E-state index in [1.54, 1.807) is 16.7 Å². The predicted octanol–water partition coefficient (Wildman–Crippen LogP) is 5.96. The Kier molecular flexibility index (Phi) is 4.10. The van der Waals surface area contributed by atoms with E-state index in [-0.39, 0.29) is 0 Å². The maximum atomic E-state index is 14.4. The largest absolute Gasteiger partial charge is 0.497 e. The van der Waals surface area contributed by atoms with Crippen LogP contribution in [-0.4, -0.2) is 11.7 Å². The van der Waals surface area contributed by atoms with Gasteiger partial charge >= 0.3 is 0 Å². The van der Waals surface area contributed by atoms with Crippen molar-refractivity contribution in [3.63, 3.8) is 0 Å². The van der Waals surface area contributed by atoms with Gasteiger partial charge in [0.15, 0.2) is 23.3 Å². The standard InChI is InChI=1S/C23H14F5NO/c1-30-12-6-7-17-14(9-12)15-8-11-4-2-3-5-13(11)23(15)29(17)10-16-18(24)20(26)22(28)21(27)19(16)25/h2-7,9H,8,10H2,1H3. The van der Waals surface area contributed by atoms with Gasteiger partial charge in [-0.15, -0.1) is 0 Å². The second kappa shape index (κ2) is 6.58. The van der Waals surface area contributed by atoms with Crippen molar-refractivity contribution in [2.24, 2.45) is 0 Å². The lowest BCUT2D eigenvalue weighted by Crippen LogP contribution is -2.11. The molecule has 2 nitrogen and oxygen atoms in total. The van der Waals surface area contributed by atoms with Crippen molar-refractivity contribution in [2.75, 3.05) is 7.11 Å². The Labute approximate surface area is 168 Å². The van der Waals surface area contributed by atoms with Crippen molar-refractivity contribution in [1.29, 1.82) is 0 Å². The highest BCUT2D eigenvalue weighted by Crippen LogP contribution is 2.44. The summed E-state index contributed by atoms with van der Waals surface area (Å²) in [6.07, 6.45) is 0.597. The van der Waals surface area contributed by atoms with E-state index in [1.807, 2.05) is 30.3 Å². The molecule has 30 heavy (non-hydrogen) atoms. The van der Waals surface area contributed by atoms with Gasteiger partial charge in [0, 0.05) is 28.5 Å². The lowest BCUT2D eigenvalue weighted by Gasteiger charge is -2.14. The molecule has 1 heterocycles. The lowest BCUT2D eigenvalue weighted by molar-refractivity contribution is 0.368. The Bertz CT molecular complexity index is 1310. The summed E-state index contributed by atoms with van der Waals surface area (Å²) in [5.41, 5.74) is 3.28. The first-order valence-corrected chi connectivity index (χ1v) is 9.20. The van der Waals surface area contributed by atoms with Crippen LogP contribution in [0.4, 0.5) is 22.0 Å². The number of benzene rings is 3. The van der Waals surface area contributed by atoms with E-state index in [0.29, 0.717) is 23.4 Å². The number of fused-ring (bicyclic) bond motifs is 5. The third kappa shape index (κ3) is 2.47. The highest BCUT2D eigenvalue weighted by Gasteiger charge is 2.30. The fourth-order valence-corrected chi connectivity index (χ4v) is 4.22. The molecule has 0 saturated carbocycles. The average molecular weight is 415 g/mol. The molecule has 0 N–H and O–H groups in total. The number of halogens is 5. The number of hydrogen-bond donors (Lipinski definition) is 0. The van der Waals surface area contributed by atoms with Gasteiger partial charge in [-0.3, -0.25) is 0 Å². The molecule has 7 heteroatoms. The van der Waals surface area contributed by atoms with E-state index >= 15 is 0 Å². The monoisotopic (exact) mass is 415 g/mol. The smallest absolute Gasteiger partial charge is 0.200 e. The molecule has 1 aliphatic carbocycles. The number of rotatable bonds is 3. The zero-order chi connectivity index (χ0) is 21.2. The van der Waals surface area contributed by atoms with Crippen molar-refractivity contribution in [3.8, 4) is 17.0 Å². The molecule has 0 spiro atoms. The molecule has 0 aliphatic heterocycles. The van der Waals surface area contributed by atoms with E-state index in [4.69, 9.17) is 4.74 Å². The maximum absolute atomic E-state index is 14.4. The van der Waals surface area contributed by atoms with E-state index in [1.165, 1.54) is 7.11 Å². The van der Waals surface area contributed by atoms with Gasteiger partial charge in [-0.1, -0.05) is 24.3 Å². The number of hydrogen-bond acceptors (Lipinski definition) is 1. The topological polar surface area (TPSA) is 14.2 Å². The Morgan fingerprint density at radius 2 is 1.53 bits per heavy atom. The Morgan fingerprint density at radius 1 is 0.867 bits per heavy atom. The molecule has 4 aromatic rings. The summed E-state index contributed by atoms with van der Waals surface area (Å²) in [6.45, 7) is -0.502. The highest BCUT2D eigenvalue weighted by molar-refractivity contribution is 5.96. The van der Waals surface area contributed by atoms with Gasteiger partial charge < -0.3 is 9.30 Å². The number of aromatic nitrogens is 1. The molecule has 3 aromatic carbocycles. The molecule has 0 radical (unpaired) electrons. The van der Waals surface area contributed by atoms with Crippen LogP contribution in [0.3, 0.4) is 0 Å². The summed E-state index contributed by atoms with van der Waals surface area (Å²) in [4.78, 5) is 0. The van der Waals surface area contributed by atoms with Gasteiger partial charge in [-0.05, 0) is 29.3 Å². The Balaban J connectivity index is 1.80. The van der Waals surface area contributed by atoms with Crippen LogP contribution >= 0.6 is 0 Å². The second-order valence-electron chi connectivity index (χ2n) is 7.18. The van der Waals surface area contributed by atoms with Crippen LogP contribution in [0.25, 0.3) is 22.2 Å². The molecule has 0 fully saturated rings. The van der Waals surface area contributed by atoms with Crippen molar-refractivity contribution < 1.29 is 26.7 Å². The fraction of sp³-hybridized carbons (Fsp3) is 0.130. The van der Waals surface area contributed by atoms with E-state index in [2.05, 4.69) is 0 Å². The minimum Gasteiger partial charge on any atom is -0.497 e. The first kappa shape index (κ1) is 18.7. The molecule has 0 saturated heterocycles. The number of ether oxygens (including phenoxy) is 1. The van der Waals surface area contributed by atoms with Crippen molar-refractivity contribution >= 4 is 10.9 Å². The van der Waals surface area contributed by atoms with Crippen molar-refractivity contribution in [1.82, 2.24) is 4.57 Å². The SMILES string of the molecule is COc1ccc2c(c1)c1c(n2Cc2c(F)c(F)c(F)c(F)c2F)-c2ccccc2C1. The molecule has 1 aliphatic rings. The van der Waals surface area contributed by atoms with Gasteiger partial charge in [-0.2, -0.15) is 0 Å². The molecular weight excluding hydrogens is 401 g/mol. The quantitative estimate of drug-likeness (QED) is 0.201. The zero-order valence-electron chi connectivity index (χ0n) is 15.7. The molecule has 152 valence electrons. The second-order valence-corrected chi connectivity index (χ2v) is 7.18. The van der Waals surface area contributed by atoms with Crippen molar-refractivity contribution in [3.05, 3.63) is 88.2 Å². The Hall–Kier alpha value is -3.35. The van der Waals surface area contributed by atoms with E-state index in [9.17, 15) is 22.0 Å². The van der Waals surface area contributed by atoms with Crippen LogP contribution < -0.4 is 4.74 Å². The zero-order valence-corrected chi connectivity index (χ0v) is 15.7. The minimum atomic E-state index is -2.16. The van der Waals surface area contributed by atoms with Gasteiger partial charge in [0.05, 0.1) is 19.3 Å². The number of nitrogens with zero attached hydrogens (tertiary/aromatic N) is 1. The van der Waals surface area contributed by atoms with Gasteiger partial charge in [0.2, 0.25) is 5.82 Å². The molecular formula is C23H14F5NO. The van der Waals surface area contributed by atoms with Crippen molar-refractivity contribution in [2.45, 2.75) is 13.0 Å². The fourth-order valence-electron chi connectivity index (χ4n) is 4.22. The van der Waals surface area contributed by atoms with Crippen LogP contribution in [0.15, 0.2) is 42.5 Å². The third-order valence-electron chi connectivity index (χ3n) is 5.63. The number of methoxy groups -OCH3 is 1. The average Bonchev–Trinajstić information content (AvgIpc) is 3.28. The molecule has 0 unspecified atom stereocenters. The van der Waals surface area contributed by atoms with Crippen LogP contribution in [0, 0.1) is 29.1 Å². The van der Waals surface area contributed by atoms with E-state index < -0.39 is 41.2 Å².